The molecule has 0 aromatic heterocycles. The molecule has 0 fully saturated rings. The van der Waals surface area contributed by atoms with Crippen LogP contribution in [0.15, 0.2) is 0 Å². The molecule has 0 spiro atoms. The molecule has 0 heterocycles. The molecule has 0 aromatic rings. The minimum atomic E-state index is -1.23. The molecule has 10 nitrogen and oxygen atoms in total. The zero-order chi connectivity index (χ0) is 20.8. The normalized spacial score (nSPS) is 12.7. The molecule has 6 N–H and O–H groups in total. The molecule has 0 radical (unpaired) electrons. The van der Waals surface area contributed by atoms with Crippen LogP contribution in [0.4, 0.5) is 0 Å². The van der Waals surface area contributed by atoms with Gasteiger partial charge in [-0.3, -0.25) is 19.2 Å². The highest BCUT2D eigenvalue weighted by Gasteiger charge is 2.23. The Morgan fingerprint density at radius 3 is 2.15 bits per heavy atom. The molecule has 0 aromatic carbocycles. The van der Waals surface area contributed by atoms with Crippen LogP contribution in [0, 0.1) is 5.92 Å². The Hall–Kier alpha value is -2.49. The number of nitrogens with one attached hydrogen (secondary N) is 2. The lowest BCUT2D eigenvalue weighted by Crippen LogP contribution is -2.43. The second-order valence-corrected chi connectivity index (χ2v) is 6.16. The Kier molecular flexibility index (Phi) is 12.4. The lowest BCUT2D eigenvalue weighted by Gasteiger charge is -2.17. The fourth-order valence-corrected chi connectivity index (χ4v) is 2.50. The van der Waals surface area contributed by atoms with Gasteiger partial charge in [0.15, 0.2) is 0 Å². The number of amides is 2. The van der Waals surface area contributed by atoms with Gasteiger partial charge in [-0.15, -0.1) is 0 Å². The third-order valence-electron chi connectivity index (χ3n) is 4.06. The van der Waals surface area contributed by atoms with Gasteiger partial charge >= 0.3 is 11.9 Å². The number of carboxylic acids is 2. The summed E-state index contributed by atoms with van der Waals surface area (Å²) in [5, 5.41) is 22.3. The molecule has 10 heteroatoms. The summed E-state index contributed by atoms with van der Waals surface area (Å²) in [7, 11) is 0. The maximum Gasteiger partial charge on any atom is 0.326 e. The Morgan fingerprint density at radius 1 is 0.963 bits per heavy atom. The monoisotopic (exact) mass is 387 g/mol. The number of ketones is 1. The van der Waals surface area contributed by atoms with E-state index in [1.807, 2.05) is 6.92 Å². The molecule has 154 valence electrons. The number of carboxylic acid groups (broad SMARTS) is 2. The van der Waals surface area contributed by atoms with Crippen molar-refractivity contribution < 1.29 is 34.2 Å². The van der Waals surface area contributed by atoms with Crippen molar-refractivity contribution in [2.45, 2.75) is 57.9 Å². The molecule has 0 bridgehead atoms. The molecule has 0 saturated heterocycles. The number of rotatable bonds is 15. The van der Waals surface area contributed by atoms with E-state index in [-0.39, 0.29) is 56.4 Å². The van der Waals surface area contributed by atoms with Crippen molar-refractivity contribution in [1.29, 1.82) is 0 Å². The van der Waals surface area contributed by atoms with Crippen molar-refractivity contribution in [2.24, 2.45) is 11.7 Å². The highest BCUT2D eigenvalue weighted by Crippen LogP contribution is 2.17. The largest absolute Gasteiger partial charge is 0.481 e. The Labute approximate surface area is 157 Å². The van der Waals surface area contributed by atoms with Gasteiger partial charge in [0.25, 0.3) is 0 Å². The van der Waals surface area contributed by atoms with Gasteiger partial charge in [-0.1, -0.05) is 6.92 Å². The van der Waals surface area contributed by atoms with Crippen LogP contribution in [0.5, 0.6) is 0 Å². The molecular weight excluding hydrogens is 358 g/mol. The molecular formula is C17H29N3O7. The first-order valence-electron chi connectivity index (χ1n) is 8.94. The third kappa shape index (κ3) is 11.7. The van der Waals surface area contributed by atoms with Crippen molar-refractivity contribution in [2.75, 3.05) is 13.1 Å². The fourth-order valence-electron chi connectivity index (χ4n) is 2.50. The average Bonchev–Trinajstić information content (AvgIpc) is 2.61. The van der Waals surface area contributed by atoms with Crippen LogP contribution in [-0.2, 0) is 24.0 Å². The Morgan fingerprint density at radius 2 is 1.63 bits per heavy atom. The van der Waals surface area contributed by atoms with E-state index in [0.29, 0.717) is 19.3 Å². The molecule has 0 rings (SSSR count). The molecule has 1 unspecified atom stereocenters. The minimum absolute atomic E-state index is 0.00509. The second-order valence-electron chi connectivity index (χ2n) is 6.16. The number of carbonyl (C=O) groups excluding carboxylic acids is 3. The van der Waals surface area contributed by atoms with Crippen LogP contribution in [0.25, 0.3) is 0 Å². The number of aliphatic carboxylic acids is 2. The minimum Gasteiger partial charge on any atom is -0.481 e. The number of hydrogen-bond donors (Lipinski definition) is 5. The highest BCUT2D eigenvalue weighted by molar-refractivity contribution is 5.86. The van der Waals surface area contributed by atoms with Crippen molar-refractivity contribution in [3.63, 3.8) is 0 Å². The summed E-state index contributed by atoms with van der Waals surface area (Å²) in [6.45, 7) is 1.57. The van der Waals surface area contributed by atoms with Gasteiger partial charge in [0.2, 0.25) is 11.8 Å². The molecule has 0 saturated carbocycles. The predicted octanol–water partition coefficient (Wildman–Crippen LogP) is -0.349. The predicted molar refractivity (Wildman–Crippen MR) is 95.8 cm³/mol. The van der Waals surface area contributed by atoms with Gasteiger partial charge in [-0.2, -0.15) is 0 Å². The summed E-state index contributed by atoms with van der Waals surface area (Å²) in [5.41, 5.74) is 5.14. The van der Waals surface area contributed by atoms with Crippen LogP contribution in [0.1, 0.15) is 51.9 Å². The molecule has 0 aliphatic heterocycles. The van der Waals surface area contributed by atoms with Crippen molar-refractivity contribution in [1.82, 2.24) is 10.6 Å². The van der Waals surface area contributed by atoms with E-state index in [2.05, 4.69) is 10.6 Å². The van der Waals surface area contributed by atoms with Gasteiger partial charge in [0.05, 0.1) is 13.0 Å². The Bertz CT molecular complexity index is 537. The Balaban J connectivity index is 4.28. The lowest BCUT2D eigenvalue weighted by molar-refractivity contribution is -0.142. The maximum absolute atomic E-state index is 12.3. The van der Waals surface area contributed by atoms with Gasteiger partial charge in [-0.05, 0) is 25.7 Å². The van der Waals surface area contributed by atoms with E-state index in [4.69, 9.17) is 15.9 Å². The van der Waals surface area contributed by atoms with E-state index >= 15 is 0 Å². The second kappa shape index (κ2) is 13.7. The first-order chi connectivity index (χ1) is 12.7. The van der Waals surface area contributed by atoms with E-state index in [1.165, 1.54) is 0 Å². The van der Waals surface area contributed by atoms with Gasteiger partial charge < -0.3 is 26.6 Å². The van der Waals surface area contributed by atoms with Gasteiger partial charge in [0.1, 0.15) is 11.8 Å². The van der Waals surface area contributed by atoms with Crippen molar-refractivity contribution in [3.05, 3.63) is 0 Å². The summed E-state index contributed by atoms with van der Waals surface area (Å²) >= 11 is 0. The molecule has 0 aliphatic carbocycles. The van der Waals surface area contributed by atoms with Crippen molar-refractivity contribution in [3.8, 4) is 0 Å². The number of nitrogens with two attached hydrogens (primary N) is 1. The smallest absolute Gasteiger partial charge is 0.326 e. The zero-order valence-electron chi connectivity index (χ0n) is 15.5. The van der Waals surface area contributed by atoms with E-state index in [9.17, 15) is 24.0 Å². The van der Waals surface area contributed by atoms with Gasteiger partial charge in [0, 0.05) is 25.3 Å². The fraction of sp³-hybridized carbons (Fsp3) is 0.706. The summed E-state index contributed by atoms with van der Waals surface area (Å²) in [6, 6.07) is -1.16. The quantitative estimate of drug-likeness (QED) is 0.253. The lowest BCUT2D eigenvalue weighted by atomic mass is 9.91. The number of hydrogen-bond acceptors (Lipinski definition) is 6. The standard InChI is InChI=1S/C17H29N3O7/c1-2-11(4-3-5-14(22)19-9-8-16(24)25)13(21)7-6-12(17(26)27)20-15(23)10-18/h11-12H,2-10,18H2,1H3,(H,19,22)(H,20,23)(H,24,25)(H,26,27)/t11?,12-/m0/s1. The van der Waals surface area contributed by atoms with Crippen LogP contribution < -0.4 is 16.4 Å². The highest BCUT2D eigenvalue weighted by atomic mass is 16.4. The van der Waals surface area contributed by atoms with Crippen molar-refractivity contribution >= 4 is 29.5 Å². The van der Waals surface area contributed by atoms with Gasteiger partial charge in [-0.25, -0.2) is 4.79 Å². The van der Waals surface area contributed by atoms with E-state index < -0.39 is 23.9 Å². The van der Waals surface area contributed by atoms with Crippen LogP contribution in [-0.4, -0.2) is 58.9 Å². The summed E-state index contributed by atoms with van der Waals surface area (Å²) in [5.74, 6) is -3.50. The molecule has 0 aliphatic rings. The maximum atomic E-state index is 12.3. The van der Waals surface area contributed by atoms with Crippen LogP contribution >= 0.6 is 0 Å². The zero-order valence-corrected chi connectivity index (χ0v) is 15.5. The van der Waals surface area contributed by atoms with E-state index in [1.54, 1.807) is 0 Å². The van der Waals surface area contributed by atoms with E-state index in [0.717, 1.165) is 0 Å². The first-order valence-corrected chi connectivity index (χ1v) is 8.94. The summed E-state index contributed by atoms with van der Waals surface area (Å²) < 4.78 is 0. The third-order valence-corrected chi connectivity index (χ3v) is 4.06. The molecule has 2 atom stereocenters. The average molecular weight is 387 g/mol. The first kappa shape index (κ1) is 24.5. The summed E-state index contributed by atoms with van der Waals surface area (Å²) in [6.07, 6.45) is 1.54. The molecule has 2 amide bonds. The summed E-state index contributed by atoms with van der Waals surface area (Å²) in [4.78, 5) is 56.6. The molecule has 27 heavy (non-hydrogen) atoms. The number of Topliss-reactive ketones (excluding diaryl/α,β-unsaturated/α-hetero) is 1. The van der Waals surface area contributed by atoms with Crippen LogP contribution in [0.2, 0.25) is 0 Å². The topological polar surface area (TPSA) is 176 Å². The van der Waals surface area contributed by atoms with Crippen LogP contribution in [0.3, 0.4) is 0 Å². The number of carbonyl (C=O) groups is 5. The SMILES string of the molecule is CCC(CCCC(=O)NCCC(=O)O)C(=O)CC[C@H](NC(=O)CN)C(=O)O.